The van der Waals surface area contributed by atoms with E-state index in [0.717, 1.165) is 36.3 Å². The Bertz CT molecular complexity index is 1060. The van der Waals surface area contributed by atoms with Gasteiger partial charge in [0.2, 0.25) is 0 Å². The van der Waals surface area contributed by atoms with Gasteiger partial charge in [0.15, 0.2) is 0 Å². The number of piperazine rings is 1. The normalized spacial score (nSPS) is 15.0. The molecular weight excluding hydrogens is 370 g/mol. The lowest BCUT2D eigenvalue weighted by atomic mass is 10.1. The first-order valence-corrected chi connectivity index (χ1v) is 9.88. The largest absolute Gasteiger partial charge is 0.468 e. The number of nitrogens with zero attached hydrogens (tertiary/aromatic N) is 3. The Morgan fingerprint density at radius 2 is 1.86 bits per heavy atom. The maximum absolute atomic E-state index is 13.1. The lowest BCUT2D eigenvalue weighted by Crippen LogP contribution is -2.47. The summed E-state index contributed by atoms with van der Waals surface area (Å²) in [7, 11) is 1.69. The molecule has 0 bridgehead atoms. The smallest absolute Gasteiger partial charge is 0.345 e. The van der Waals surface area contributed by atoms with Crippen molar-refractivity contribution >= 4 is 22.6 Å². The van der Waals surface area contributed by atoms with Crippen molar-refractivity contribution in [2.45, 2.75) is 13.5 Å². The molecule has 0 saturated carbocycles. The molecular formula is C22H25N3O4. The number of para-hydroxylation sites is 1. The molecule has 1 fully saturated rings. The Morgan fingerprint density at radius 1 is 1.10 bits per heavy atom. The van der Waals surface area contributed by atoms with E-state index in [1.807, 2.05) is 36.4 Å². The molecule has 0 atom stereocenters. The Balaban J connectivity index is 1.71. The number of aryl methyl sites for hydroxylation is 1. The molecule has 1 aliphatic rings. The number of carbonyl (C=O) groups excluding carboxylic acids is 1. The van der Waals surface area contributed by atoms with Gasteiger partial charge in [0.05, 0.1) is 30.6 Å². The van der Waals surface area contributed by atoms with Gasteiger partial charge >= 0.3 is 5.97 Å². The Kier molecular flexibility index (Phi) is 5.40. The molecule has 0 radical (unpaired) electrons. The zero-order valence-corrected chi connectivity index (χ0v) is 16.8. The molecule has 0 spiro atoms. The summed E-state index contributed by atoms with van der Waals surface area (Å²) in [5.41, 5.74) is 1.28. The SMILES string of the molecule is CCOC(=O)c1c(N2CCN(Cc3ccco3)CC2)c2ccccc2n(C)c1=O. The monoisotopic (exact) mass is 395 g/mol. The summed E-state index contributed by atoms with van der Waals surface area (Å²) in [6, 6.07) is 11.6. The number of hydrogen-bond donors (Lipinski definition) is 0. The summed E-state index contributed by atoms with van der Waals surface area (Å²) in [5, 5.41) is 0.886. The summed E-state index contributed by atoms with van der Waals surface area (Å²) >= 11 is 0. The summed E-state index contributed by atoms with van der Waals surface area (Å²) in [6.07, 6.45) is 1.68. The fourth-order valence-corrected chi connectivity index (χ4v) is 3.95. The van der Waals surface area contributed by atoms with Gasteiger partial charge in [-0.3, -0.25) is 9.69 Å². The van der Waals surface area contributed by atoms with Crippen molar-refractivity contribution in [3.8, 4) is 0 Å². The number of fused-ring (bicyclic) bond motifs is 1. The topological polar surface area (TPSA) is 67.9 Å². The highest BCUT2D eigenvalue weighted by Crippen LogP contribution is 2.30. The number of rotatable bonds is 5. The highest BCUT2D eigenvalue weighted by molar-refractivity contribution is 6.05. The number of esters is 1. The summed E-state index contributed by atoms with van der Waals surface area (Å²) in [5.74, 6) is 0.372. The highest BCUT2D eigenvalue weighted by Gasteiger charge is 2.28. The summed E-state index contributed by atoms with van der Waals surface area (Å²) in [6.45, 7) is 5.78. The van der Waals surface area contributed by atoms with Gasteiger partial charge in [-0.15, -0.1) is 0 Å². The van der Waals surface area contributed by atoms with Crippen molar-refractivity contribution < 1.29 is 13.9 Å². The minimum atomic E-state index is -0.563. The van der Waals surface area contributed by atoms with Crippen molar-refractivity contribution in [3.05, 3.63) is 64.3 Å². The van der Waals surface area contributed by atoms with Crippen molar-refractivity contribution in [3.63, 3.8) is 0 Å². The predicted octanol–water partition coefficient (Wildman–Crippen LogP) is 2.63. The van der Waals surface area contributed by atoms with E-state index in [1.54, 1.807) is 20.2 Å². The highest BCUT2D eigenvalue weighted by atomic mass is 16.5. The summed E-state index contributed by atoms with van der Waals surface area (Å²) < 4.78 is 12.2. The molecule has 0 N–H and O–H groups in total. The first kappa shape index (κ1) is 19.3. The predicted molar refractivity (Wildman–Crippen MR) is 111 cm³/mol. The molecule has 29 heavy (non-hydrogen) atoms. The van der Waals surface area contributed by atoms with Gasteiger partial charge in [0, 0.05) is 38.6 Å². The number of pyridine rings is 1. The Morgan fingerprint density at radius 3 is 2.55 bits per heavy atom. The molecule has 1 aromatic carbocycles. The van der Waals surface area contributed by atoms with Crippen LogP contribution in [0.4, 0.5) is 5.69 Å². The van der Waals surface area contributed by atoms with Crippen molar-refractivity contribution in [1.29, 1.82) is 0 Å². The van der Waals surface area contributed by atoms with Crippen molar-refractivity contribution in [1.82, 2.24) is 9.47 Å². The lowest BCUT2D eigenvalue weighted by molar-refractivity contribution is 0.0524. The zero-order valence-electron chi connectivity index (χ0n) is 16.8. The van der Waals surface area contributed by atoms with E-state index in [9.17, 15) is 9.59 Å². The van der Waals surface area contributed by atoms with Crippen LogP contribution >= 0.6 is 0 Å². The van der Waals surface area contributed by atoms with E-state index in [4.69, 9.17) is 9.15 Å². The molecule has 0 unspecified atom stereocenters. The van der Waals surface area contributed by atoms with Crippen LogP contribution in [-0.2, 0) is 18.3 Å². The van der Waals surface area contributed by atoms with Gasteiger partial charge in [-0.25, -0.2) is 4.79 Å². The third-order valence-corrected chi connectivity index (χ3v) is 5.40. The maximum atomic E-state index is 13.1. The number of carbonyl (C=O) groups is 1. The number of benzene rings is 1. The van der Waals surface area contributed by atoms with Crippen LogP contribution < -0.4 is 10.5 Å². The van der Waals surface area contributed by atoms with Gasteiger partial charge in [-0.1, -0.05) is 18.2 Å². The van der Waals surface area contributed by atoms with Crippen molar-refractivity contribution in [2.24, 2.45) is 7.05 Å². The van der Waals surface area contributed by atoms with Gasteiger partial charge < -0.3 is 18.6 Å². The van der Waals surface area contributed by atoms with Gasteiger partial charge in [0.25, 0.3) is 5.56 Å². The second-order valence-electron chi connectivity index (χ2n) is 7.17. The van der Waals surface area contributed by atoms with Gasteiger partial charge in [-0.05, 0) is 25.1 Å². The Labute approximate surface area is 169 Å². The fourth-order valence-electron chi connectivity index (χ4n) is 3.95. The third kappa shape index (κ3) is 3.65. The molecule has 1 saturated heterocycles. The molecule has 3 aromatic rings. The second-order valence-corrected chi connectivity index (χ2v) is 7.17. The molecule has 2 aromatic heterocycles. The first-order valence-electron chi connectivity index (χ1n) is 9.88. The fraction of sp³-hybridized carbons (Fsp3) is 0.364. The van der Waals surface area contributed by atoms with Crippen LogP contribution in [0.2, 0.25) is 0 Å². The Hall–Kier alpha value is -3.06. The molecule has 4 rings (SSSR count). The van der Waals surface area contributed by atoms with Crippen LogP contribution in [0.3, 0.4) is 0 Å². The number of hydrogen-bond acceptors (Lipinski definition) is 6. The number of anilines is 1. The van der Waals surface area contributed by atoms with E-state index >= 15 is 0 Å². The van der Waals surface area contributed by atoms with E-state index < -0.39 is 5.97 Å². The molecule has 7 heteroatoms. The minimum Gasteiger partial charge on any atom is -0.468 e. The molecule has 3 heterocycles. The number of aromatic nitrogens is 1. The standard InChI is InChI=1S/C22H25N3O4/c1-3-28-22(27)19-20(17-8-4-5-9-18(17)23(2)21(19)26)25-12-10-24(11-13-25)15-16-7-6-14-29-16/h4-9,14H,3,10-13,15H2,1-2H3. The number of furan rings is 1. The lowest BCUT2D eigenvalue weighted by Gasteiger charge is -2.37. The average molecular weight is 395 g/mol. The molecule has 7 nitrogen and oxygen atoms in total. The van der Waals surface area contributed by atoms with E-state index in [2.05, 4.69) is 9.80 Å². The van der Waals surface area contributed by atoms with Crippen LogP contribution in [0, 0.1) is 0 Å². The molecule has 1 aliphatic heterocycles. The molecule has 0 aliphatic carbocycles. The average Bonchev–Trinajstić information content (AvgIpc) is 3.24. The molecule has 152 valence electrons. The zero-order chi connectivity index (χ0) is 20.4. The maximum Gasteiger partial charge on any atom is 0.345 e. The first-order chi connectivity index (χ1) is 14.1. The van der Waals surface area contributed by atoms with E-state index in [1.165, 1.54) is 4.57 Å². The van der Waals surface area contributed by atoms with Gasteiger partial charge in [-0.2, -0.15) is 0 Å². The molecule has 0 amide bonds. The van der Waals surface area contributed by atoms with Gasteiger partial charge in [0.1, 0.15) is 11.3 Å². The van der Waals surface area contributed by atoms with Crippen LogP contribution in [0.1, 0.15) is 23.0 Å². The number of ether oxygens (including phenoxy) is 1. The second kappa shape index (κ2) is 8.13. The minimum absolute atomic E-state index is 0.118. The van der Waals surface area contributed by atoms with Crippen LogP contribution in [-0.4, -0.2) is 48.2 Å². The quantitative estimate of drug-likeness (QED) is 0.619. The van der Waals surface area contributed by atoms with Crippen molar-refractivity contribution in [2.75, 3.05) is 37.7 Å². The van der Waals surface area contributed by atoms with Crippen LogP contribution in [0.25, 0.3) is 10.9 Å². The van der Waals surface area contributed by atoms with E-state index in [-0.39, 0.29) is 17.7 Å². The summed E-state index contributed by atoms with van der Waals surface area (Å²) in [4.78, 5) is 30.2. The van der Waals surface area contributed by atoms with Crippen LogP contribution in [0.5, 0.6) is 0 Å². The third-order valence-electron chi connectivity index (χ3n) is 5.40. The van der Waals surface area contributed by atoms with Crippen LogP contribution in [0.15, 0.2) is 51.9 Å². The van der Waals surface area contributed by atoms with E-state index in [0.29, 0.717) is 18.8 Å².